The van der Waals surface area contributed by atoms with Crippen LogP contribution in [-0.4, -0.2) is 29.1 Å². The van der Waals surface area contributed by atoms with E-state index in [4.69, 9.17) is 0 Å². The molecule has 1 N–H and O–H groups in total. The van der Waals surface area contributed by atoms with Gasteiger partial charge in [-0.2, -0.15) is 0 Å². The van der Waals surface area contributed by atoms with Crippen LogP contribution in [0.1, 0.15) is 65.2 Å². The number of rotatable bonds is 2. The van der Waals surface area contributed by atoms with E-state index in [9.17, 15) is 19.5 Å². The lowest BCUT2D eigenvalue weighted by Gasteiger charge is -2.61. The van der Waals surface area contributed by atoms with Crippen molar-refractivity contribution in [1.82, 2.24) is 0 Å². The zero-order valence-electron chi connectivity index (χ0n) is 16.4. The maximum atomic E-state index is 12.9. The summed E-state index contributed by atoms with van der Waals surface area (Å²) in [6.07, 6.45) is 9.31. The van der Waals surface area contributed by atoms with Crippen molar-refractivity contribution in [2.45, 2.75) is 65.2 Å². The molecule has 4 fully saturated rings. The van der Waals surface area contributed by atoms with Crippen LogP contribution in [0.25, 0.3) is 0 Å². The predicted molar refractivity (Wildman–Crippen MR) is 99.7 cm³/mol. The molecule has 0 aromatic carbocycles. The third kappa shape index (κ3) is 2.17. The predicted octanol–water partition coefficient (Wildman–Crippen LogP) is 3.27. The van der Waals surface area contributed by atoms with Crippen LogP contribution in [0.4, 0.5) is 0 Å². The molecule has 27 heavy (non-hydrogen) atoms. The first-order chi connectivity index (χ1) is 12.7. The van der Waals surface area contributed by atoms with Crippen molar-refractivity contribution in [3.63, 3.8) is 0 Å². The smallest absolute Gasteiger partial charge is 0.169 e. The molecule has 5 aliphatic rings. The van der Waals surface area contributed by atoms with Crippen LogP contribution < -0.4 is 0 Å². The van der Waals surface area contributed by atoms with Gasteiger partial charge >= 0.3 is 0 Å². The topological polar surface area (TPSA) is 71.4 Å². The van der Waals surface area contributed by atoms with Gasteiger partial charge in [0.1, 0.15) is 12.4 Å². The first kappa shape index (κ1) is 17.8. The molecule has 0 radical (unpaired) electrons. The largest absolute Gasteiger partial charge is 0.389 e. The highest BCUT2D eigenvalue weighted by Crippen LogP contribution is 2.77. The molecule has 4 nitrogen and oxygen atoms in total. The summed E-state index contributed by atoms with van der Waals surface area (Å²) in [5.74, 6) is 0.694. The van der Waals surface area contributed by atoms with Gasteiger partial charge in [-0.05, 0) is 78.6 Å². The third-order valence-corrected chi connectivity index (χ3v) is 9.35. The highest BCUT2D eigenvalue weighted by atomic mass is 16.3. The van der Waals surface area contributed by atoms with Crippen LogP contribution >= 0.6 is 0 Å². The first-order valence-electron chi connectivity index (χ1n) is 10.7. The van der Waals surface area contributed by atoms with Crippen LogP contribution in [0, 0.1) is 39.9 Å². The lowest BCUT2D eigenvalue weighted by atomic mass is 9.42. The molecule has 6 unspecified atom stereocenters. The maximum absolute atomic E-state index is 12.9. The Morgan fingerprint density at radius 2 is 1.93 bits per heavy atom. The van der Waals surface area contributed by atoms with E-state index in [1.807, 2.05) is 6.08 Å². The molecule has 1 spiro atoms. The number of aliphatic hydroxyl groups is 1. The van der Waals surface area contributed by atoms with Gasteiger partial charge in [0.25, 0.3) is 0 Å². The average molecular weight is 370 g/mol. The van der Waals surface area contributed by atoms with Gasteiger partial charge in [-0.15, -0.1) is 0 Å². The molecule has 0 aromatic rings. The summed E-state index contributed by atoms with van der Waals surface area (Å²) < 4.78 is 0. The molecule has 0 bridgehead atoms. The Labute approximate surface area is 160 Å². The van der Waals surface area contributed by atoms with Gasteiger partial charge in [0.2, 0.25) is 0 Å². The van der Waals surface area contributed by atoms with Gasteiger partial charge in [0.15, 0.2) is 11.6 Å². The van der Waals surface area contributed by atoms with E-state index in [1.165, 1.54) is 18.4 Å². The molecule has 0 aromatic heterocycles. The summed E-state index contributed by atoms with van der Waals surface area (Å²) in [6, 6.07) is 0. The monoisotopic (exact) mass is 370 g/mol. The Balaban J connectivity index is 1.59. The van der Waals surface area contributed by atoms with Crippen LogP contribution in [0.5, 0.6) is 0 Å². The fourth-order valence-corrected chi connectivity index (χ4v) is 8.39. The molecule has 5 aliphatic carbocycles. The molecule has 0 saturated heterocycles. The van der Waals surface area contributed by atoms with E-state index in [0.29, 0.717) is 24.7 Å². The van der Waals surface area contributed by atoms with E-state index in [0.717, 1.165) is 25.7 Å². The highest BCUT2D eigenvalue weighted by molar-refractivity contribution is 6.05. The molecule has 4 saturated carbocycles. The van der Waals surface area contributed by atoms with E-state index < -0.39 is 12.5 Å². The van der Waals surface area contributed by atoms with Crippen molar-refractivity contribution in [2.24, 2.45) is 39.9 Å². The van der Waals surface area contributed by atoms with Gasteiger partial charge in [-0.25, -0.2) is 0 Å². The van der Waals surface area contributed by atoms with Gasteiger partial charge < -0.3 is 5.11 Å². The number of carbonyl (C=O) groups is 3. The van der Waals surface area contributed by atoms with Crippen molar-refractivity contribution in [3.8, 4) is 0 Å². The van der Waals surface area contributed by atoms with Crippen LogP contribution in [0.2, 0.25) is 0 Å². The molecule has 5 rings (SSSR count). The number of allylic oxidation sites excluding steroid dienone is 1. The van der Waals surface area contributed by atoms with E-state index in [1.54, 1.807) is 0 Å². The number of fused-ring (bicyclic) bond motifs is 6. The Morgan fingerprint density at radius 3 is 2.59 bits per heavy atom. The Bertz CT molecular complexity index is 775. The summed E-state index contributed by atoms with van der Waals surface area (Å²) in [4.78, 5) is 37.4. The van der Waals surface area contributed by atoms with Crippen LogP contribution in [0.3, 0.4) is 0 Å². The summed E-state index contributed by atoms with van der Waals surface area (Å²) in [7, 11) is 0. The Morgan fingerprint density at radius 1 is 1.19 bits per heavy atom. The zero-order chi connectivity index (χ0) is 19.2. The second kappa shape index (κ2) is 5.40. The Hall–Kier alpha value is -1.29. The maximum Gasteiger partial charge on any atom is 0.169 e. The average Bonchev–Trinajstić information content (AvgIpc) is 3.31. The normalized spacial score (nSPS) is 47.1. The molecule has 0 aliphatic heterocycles. The summed E-state index contributed by atoms with van der Waals surface area (Å²) in [5.41, 5.74) is 1.36. The minimum atomic E-state index is -0.608. The van der Waals surface area contributed by atoms with Gasteiger partial charge in [0.05, 0.1) is 5.92 Å². The molecule has 0 amide bonds. The number of Topliss-reactive ketones (excluding diaryl/α,β-unsaturated/α-hetero) is 2. The van der Waals surface area contributed by atoms with Crippen molar-refractivity contribution < 1.29 is 19.5 Å². The van der Waals surface area contributed by atoms with Crippen molar-refractivity contribution in [3.05, 3.63) is 11.6 Å². The fraction of sp³-hybridized carbons (Fsp3) is 0.783. The van der Waals surface area contributed by atoms with Crippen molar-refractivity contribution in [2.75, 3.05) is 6.61 Å². The highest BCUT2D eigenvalue weighted by Gasteiger charge is 2.71. The van der Waals surface area contributed by atoms with Crippen LogP contribution in [-0.2, 0) is 14.4 Å². The summed E-state index contributed by atoms with van der Waals surface area (Å²) >= 11 is 0. The zero-order valence-corrected chi connectivity index (χ0v) is 16.4. The minimum Gasteiger partial charge on any atom is -0.389 e. The standard InChI is InChI=1S/C23H30O4/c1-21-6-5-14(25)9-13(21)3-4-15-16-10-17(26)19(18(27)11-24)22(16,2)12-23(7-8-23)20(15)21/h9,15-16,19-20,24H,3-8,10-12H2,1-2H3. The lowest BCUT2D eigenvalue weighted by molar-refractivity contribution is -0.143. The second-order valence-corrected chi connectivity index (χ2v) is 10.6. The van der Waals surface area contributed by atoms with Gasteiger partial charge in [-0.3, -0.25) is 14.4 Å². The fourth-order valence-electron chi connectivity index (χ4n) is 8.39. The summed E-state index contributed by atoms with van der Waals surface area (Å²) in [6.45, 7) is 4.01. The summed E-state index contributed by atoms with van der Waals surface area (Å²) in [5, 5.41) is 9.47. The molecular formula is C23H30O4. The molecule has 146 valence electrons. The SMILES string of the molecule is CC12CCC(=O)C=C1CCC1C2C2(CC2)CC2(C)C(C(=O)CO)C(=O)CC12. The van der Waals surface area contributed by atoms with Crippen molar-refractivity contribution >= 4 is 17.3 Å². The Kier molecular flexibility index (Phi) is 3.56. The van der Waals surface area contributed by atoms with Crippen molar-refractivity contribution in [1.29, 1.82) is 0 Å². The number of ketones is 3. The van der Waals surface area contributed by atoms with E-state index in [-0.39, 0.29) is 39.5 Å². The number of hydrogen-bond donors (Lipinski definition) is 1. The minimum absolute atomic E-state index is 0.0586. The molecule has 0 heterocycles. The van der Waals surface area contributed by atoms with E-state index >= 15 is 0 Å². The third-order valence-electron chi connectivity index (χ3n) is 9.35. The molecule has 4 heteroatoms. The lowest BCUT2D eigenvalue weighted by Crippen LogP contribution is -2.56. The quantitative estimate of drug-likeness (QED) is 0.758. The molecule has 6 atom stereocenters. The number of aliphatic hydroxyl groups excluding tert-OH is 1. The first-order valence-corrected chi connectivity index (χ1v) is 10.7. The van der Waals surface area contributed by atoms with Gasteiger partial charge in [0, 0.05) is 12.8 Å². The van der Waals surface area contributed by atoms with Gasteiger partial charge in [-0.1, -0.05) is 19.4 Å². The number of hydrogen-bond acceptors (Lipinski definition) is 4. The van der Waals surface area contributed by atoms with Crippen LogP contribution in [0.15, 0.2) is 11.6 Å². The number of carbonyl (C=O) groups excluding carboxylic acids is 3. The molecular weight excluding hydrogens is 340 g/mol. The second-order valence-electron chi connectivity index (χ2n) is 10.6. The van der Waals surface area contributed by atoms with E-state index in [2.05, 4.69) is 13.8 Å².